The highest BCUT2D eigenvalue weighted by atomic mass is 16.3. The van der Waals surface area contributed by atoms with Crippen molar-refractivity contribution in [2.75, 3.05) is 0 Å². The third-order valence-corrected chi connectivity index (χ3v) is 12.7. The highest BCUT2D eigenvalue weighted by Crippen LogP contribution is 2.48. The smallest absolute Gasteiger partial charge is 0.143 e. The third-order valence-electron chi connectivity index (χ3n) is 12.7. The summed E-state index contributed by atoms with van der Waals surface area (Å²) in [4.78, 5) is 0. The molecule has 13 aromatic rings. The Morgan fingerprint density at radius 2 is 0.583 bits per heavy atom. The third kappa shape index (κ3) is 4.76. The lowest BCUT2D eigenvalue weighted by Gasteiger charge is -2.20. The summed E-state index contributed by atoms with van der Waals surface area (Å²) in [5.74, 6) is 0. The standard InChI is InChI=1S/C58H34O2/c1-2-14-35(15-3-1)36-16-4-5-19-45(36)56-46-24-10-22-39(37-20-12-26-48-41(37)30-32-50-43-17-6-8-28-54(43)59-57(48)50)52(46)34-53-40(23-11-25-47(53)56)38-21-13-27-49-42(38)31-33-51-44-18-7-9-29-55(44)60-58(49)51/h1-34H. The van der Waals surface area contributed by atoms with Crippen LogP contribution in [0.2, 0.25) is 0 Å². The van der Waals surface area contributed by atoms with Gasteiger partial charge in [0.15, 0.2) is 0 Å². The SMILES string of the molecule is c1ccc(-c2ccccc2-c2c3cccc(-c4cccc5c4ccc4c6ccccc6oc54)c3cc3c(-c4cccc5c4ccc4c6ccccc6oc54)cccc23)cc1. The van der Waals surface area contributed by atoms with Crippen molar-refractivity contribution in [3.63, 3.8) is 0 Å². The van der Waals surface area contributed by atoms with E-state index in [1.807, 2.05) is 12.1 Å². The second-order valence-electron chi connectivity index (χ2n) is 15.8. The molecule has 2 aromatic heterocycles. The monoisotopic (exact) mass is 762 g/mol. The fraction of sp³-hybridized carbons (Fsp3) is 0. The number of hydrogen-bond acceptors (Lipinski definition) is 2. The van der Waals surface area contributed by atoms with Crippen LogP contribution in [0.3, 0.4) is 0 Å². The zero-order valence-corrected chi connectivity index (χ0v) is 32.4. The highest BCUT2D eigenvalue weighted by molar-refractivity contribution is 6.24. The van der Waals surface area contributed by atoms with Crippen molar-refractivity contribution in [3.05, 3.63) is 206 Å². The van der Waals surface area contributed by atoms with Gasteiger partial charge in [0, 0.05) is 32.3 Å². The molecule has 0 aliphatic rings. The highest BCUT2D eigenvalue weighted by Gasteiger charge is 2.21. The van der Waals surface area contributed by atoms with Crippen molar-refractivity contribution in [1.29, 1.82) is 0 Å². The van der Waals surface area contributed by atoms with E-state index >= 15 is 0 Å². The first kappa shape index (κ1) is 33.1. The summed E-state index contributed by atoms with van der Waals surface area (Å²) in [6, 6.07) is 74.7. The first-order valence-electron chi connectivity index (χ1n) is 20.6. The molecule has 0 saturated heterocycles. The molecule has 60 heavy (non-hydrogen) atoms. The Morgan fingerprint density at radius 1 is 0.217 bits per heavy atom. The molecular weight excluding hydrogens is 729 g/mol. The second-order valence-corrected chi connectivity index (χ2v) is 15.8. The van der Waals surface area contributed by atoms with E-state index < -0.39 is 0 Å². The molecule has 0 aliphatic carbocycles. The van der Waals surface area contributed by atoms with Crippen molar-refractivity contribution in [3.8, 4) is 44.5 Å². The van der Waals surface area contributed by atoms with Gasteiger partial charge >= 0.3 is 0 Å². The van der Waals surface area contributed by atoms with Gasteiger partial charge in [0.05, 0.1) is 0 Å². The summed E-state index contributed by atoms with van der Waals surface area (Å²) < 4.78 is 13.1. The van der Waals surface area contributed by atoms with E-state index in [1.165, 1.54) is 76.8 Å². The maximum absolute atomic E-state index is 6.57. The average Bonchev–Trinajstić information content (AvgIpc) is 3.90. The van der Waals surface area contributed by atoms with Gasteiger partial charge in [-0.25, -0.2) is 0 Å². The fourth-order valence-electron chi connectivity index (χ4n) is 10.0. The zero-order chi connectivity index (χ0) is 39.3. The van der Waals surface area contributed by atoms with Crippen molar-refractivity contribution in [2.45, 2.75) is 0 Å². The molecule has 2 nitrogen and oxygen atoms in total. The van der Waals surface area contributed by atoms with E-state index in [0.29, 0.717) is 0 Å². The van der Waals surface area contributed by atoms with Gasteiger partial charge in [-0.1, -0.05) is 176 Å². The molecule has 0 bridgehead atoms. The summed E-state index contributed by atoms with van der Waals surface area (Å²) in [7, 11) is 0. The lowest BCUT2D eigenvalue weighted by Crippen LogP contribution is -1.93. The van der Waals surface area contributed by atoms with Crippen molar-refractivity contribution < 1.29 is 8.83 Å². The summed E-state index contributed by atoms with van der Waals surface area (Å²) in [6.07, 6.45) is 0. The van der Waals surface area contributed by atoms with Crippen LogP contribution in [0.1, 0.15) is 0 Å². The minimum absolute atomic E-state index is 0.908. The molecule has 0 N–H and O–H groups in total. The molecule has 11 aromatic carbocycles. The predicted molar refractivity (Wildman–Crippen MR) is 253 cm³/mol. The number of furan rings is 2. The Morgan fingerprint density at radius 3 is 1.12 bits per heavy atom. The van der Waals surface area contributed by atoms with Gasteiger partial charge in [-0.3, -0.25) is 0 Å². The quantitative estimate of drug-likeness (QED) is 0.167. The molecule has 0 atom stereocenters. The fourth-order valence-corrected chi connectivity index (χ4v) is 10.0. The van der Waals surface area contributed by atoms with Gasteiger partial charge in [0.2, 0.25) is 0 Å². The number of fused-ring (bicyclic) bond motifs is 12. The number of benzene rings is 11. The van der Waals surface area contributed by atoms with E-state index in [-0.39, 0.29) is 0 Å². The molecule has 0 unspecified atom stereocenters. The Kier molecular flexibility index (Phi) is 7.05. The molecule has 0 fully saturated rings. The molecule has 0 amide bonds. The van der Waals surface area contributed by atoms with E-state index in [2.05, 4.69) is 194 Å². The lowest BCUT2D eigenvalue weighted by atomic mass is 9.83. The van der Waals surface area contributed by atoms with E-state index in [4.69, 9.17) is 8.83 Å². The Hall–Kier alpha value is -7.94. The Bertz CT molecular complexity index is 3670. The molecule has 0 saturated carbocycles. The summed E-state index contributed by atoms with van der Waals surface area (Å²) >= 11 is 0. The van der Waals surface area contributed by atoms with Gasteiger partial charge in [0.1, 0.15) is 22.3 Å². The maximum Gasteiger partial charge on any atom is 0.143 e. The lowest BCUT2D eigenvalue weighted by molar-refractivity contribution is 0.672. The van der Waals surface area contributed by atoms with Crippen LogP contribution < -0.4 is 0 Å². The van der Waals surface area contributed by atoms with Crippen molar-refractivity contribution >= 4 is 87.0 Å². The summed E-state index contributed by atoms with van der Waals surface area (Å²) in [5, 5.41) is 13.9. The predicted octanol–water partition coefficient (Wildman–Crippen LogP) is 16.8. The molecule has 0 radical (unpaired) electrons. The number of para-hydroxylation sites is 2. The molecule has 278 valence electrons. The van der Waals surface area contributed by atoms with Gasteiger partial charge in [-0.2, -0.15) is 0 Å². The number of hydrogen-bond donors (Lipinski definition) is 0. The summed E-state index contributed by atoms with van der Waals surface area (Å²) in [6.45, 7) is 0. The summed E-state index contributed by atoms with van der Waals surface area (Å²) in [5.41, 5.74) is 13.2. The molecule has 13 rings (SSSR count). The Labute approximate surface area is 345 Å². The van der Waals surface area contributed by atoms with Gasteiger partial charge in [-0.05, 0) is 107 Å². The number of rotatable bonds is 4. The first-order valence-corrected chi connectivity index (χ1v) is 20.6. The van der Waals surface area contributed by atoms with Crippen LogP contribution in [0.4, 0.5) is 0 Å². The molecule has 2 heterocycles. The average molecular weight is 763 g/mol. The van der Waals surface area contributed by atoms with Crippen LogP contribution in [0.15, 0.2) is 215 Å². The second kappa shape index (κ2) is 12.8. The van der Waals surface area contributed by atoms with E-state index in [9.17, 15) is 0 Å². The van der Waals surface area contributed by atoms with Crippen LogP contribution in [0, 0.1) is 0 Å². The first-order chi connectivity index (χ1) is 29.8. The van der Waals surface area contributed by atoms with Crippen molar-refractivity contribution in [1.82, 2.24) is 0 Å². The topological polar surface area (TPSA) is 26.3 Å². The normalized spacial score (nSPS) is 12.0. The minimum atomic E-state index is 0.908. The van der Waals surface area contributed by atoms with Crippen molar-refractivity contribution in [2.24, 2.45) is 0 Å². The van der Waals surface area contributed by atoms with Gasteiger partial charge in [0.25, 0.3) is 0 Å². The minimum Gasteiger partial charge on any atom is -0.455 e. The maximum atomic E-state index is 6.57. The van der Waals surface area contributed by atoms with Crippen LogP contribution in [-0.2, 0) is 0 Å². The molecule has 2 heteroatoms. The largest absolute Gasteiger partial charge is 0.455 e. The zero-order valence-electron chi connectivity index (χ0n) is 32.4. The van der Waals surface area contributed by atoms with Crippen LogP contribution >= 0.6 is 0 Å². The van der Waals surface area contributed by atoms with Crippen LogP contribution in [0.5, 0.6) is 0 Å². The van der Waals surface area contributed by atoms with Gasteiger partial charge < -0.3 is 8.83 Å². The van der Waals surface area contributed by atoms with Crippen LogP contribution in [0.25, 0.3) is 131 Å². The Balaban J connectivity index is 1.14. The molecular formula is C58H34O2. The van der Waals surface area contributed by atoms with E-state index in [1.54, 1.807) is 0 Å². The molecule has 0 aliphatic heterocycles. The van der Waals surface area contributed by atoms with Gasteiger partial charge in [-0.15, -0.1) is 0 Å². The van der Waals surface area contributed by atoms with Crippen LogP contribution in [-0.4, -0.2) is 0 Å². The molecule has 0 spiro atoms. The van der Waals surface area contributed by atoms with E-state index in [0.717, 1.165) is 54.6 Å².